The quantitative estimate of drug-likeness (QED) is 0.372. The Morgan fingerprint density at radius 2 is 2.14 bits per heavy atom. The summed E-state index contributed by atoms with van der Waals surface area (Å²) in [6, 6.07) is -0.0570. The van der Waals surface area contributed by atoms with Crippen molar-refractivity contribution in [3.8, 4) is 0 Å². The van der Waals surface area contributed by atoms with Crippen LogP contribution >= 0.6 is 0 Å². The van der Waals surface area contributed by atoms with Crippen LogP contribution < -0.4 is 16.0 Å². The van der Waals surface area contributed by atoms with Gasteiger partial charge in [-0.3, -0.25) is 14.6 Å². The zero-order valence-corrected chi connectivity index (χ0v) is 15.8. The molecule has 3 N–H and O–H groups in total. The highest BCUT2D eigenvalue weighted by atomic mass is 19.4. The van der Waals surface area contributed by atoms with E-state index in [2.05, 4.69) is 36.0 Å². The molecule has 1 saturated heterocycles. The molecule has 9 nitrogen and oxygen atoms in total. The third-order valence-corrected chi connectivity index (χ3v) is 4.48. The van der Waals surface area contributed by atoms with Crippen molar-refractivity contribution in [2.24, 2.45) is 12.0 Å². The van der Waals surface area contributed by atoms with Crippen LogP contribution in [-0.2, 0) is 7.05 Å². The fourth-order valence-corrected chi connectivity index (χ4v) is 3.20. The third-order valence-electron chi connectivity index (χ3n) is 4.48. The molecule has 1 aliphatic rings. The van der Waals surface area contributed by atoms with Gasteiger partial charge in [-0.1, -0.05) is 0 Å². The molecule has 28 heavy (non-hydrogen) atoms. The minimum Gasteiger partial charge on any atom is -0.368 e. The van der Waals surface area contributed by atoms with Crippen LogP contribution in [0, 0.1) is 0 Å². The zero-order chi connectivity index (χ0) is 20.1. The average molecular weight is 399 g/mol. The Labute approximate surface area is 160 Å². The van der Waals surface area contributed by atoms with Crippen molar-refractivity contribution >= 4 is 22.8 Å². The number of aliphatic imine (C=N–C) groups is 1. The lowest BCUT2D eigenvalue weighted by Crippen LogP contribution is -2.46. The molecule has 0 spiro atoms. The smallest absolute Gasteiger partial charge is 0.368 e. The number of fused-ring (bicyclic) bond motifs is 1. The minimum atomic E-state index is -4.17. The Bertz CT molecular complexity index is 817. The molecule has 0 bridgehead atoms. The van der Waals surface area contributed by atoms with Gasteiger partial charge in [-0.15, -0.1) is 0 Å². The number of alkyl halides is 3. The molecule has 12 heteroatoms. The lowest BCUT2D eigenvalue weighted by molar-refractivity contribution is -0.143. The van der Waals surface area contributed by atoms with E-state index in [1.165, 1.54) is 11.2 Å². The van der Waals surface area contributed by atoms with Crippen LogP contribution in [0.2, 0.25) is 0 Å². The van der Waals surface area contributed by atoms with Crippen molar-refractivity contribution in [3.63, 3.8) is 0 Å². The molecule has 1 atom stereocenters. The maximum absolute atomic E-state index is 12.5. The molecule has 1 fully saturated rings. The summed E-state index contributed by atoms with van der Waals surface area (Å²) in [5, 5.41) is 14.6. The molecule has 2 aromatic rings. The normalized spacial score (nSPS) is 18.6. The summed E-state index contributed by atoms with van der Waals surface area (Å²) in [5.74, 6) is 1.26. The van der Waals surface area contributed by atoms with E-state index in [-0.39, 0.29) is 6.04 Å². The Balaban J connectivity index is 1.42. The van der Waals surface area contributed by atoms with Gasteiger partial charge in [0.2, 0.25) is 0 Å². The lowest BCUT2D eigenvalue weighted by atomic mass is 10.3. The van der Waals surface area contributed by atoms with Crippen LogP contribution in [0.15, 0.2) is 17.5 Å². The topological polar surface area (TPSA) is 95.3 Å². The van der Waals surface area contributed by atoms with Gasteiger partial charge in [-0.25, -0.2) is 9.97 Å². The van der Waals surface area contributed by atoms with E-state index in [1.54, 1.807) is 17.9 Å². The molecule has 3 heterocycles. The summed E-state index contributed by atoms with van der Waals surface area (Å²) in [6.07, 6.45) is -0.332. The van der Waals surface area contributed by atoms with Crippen molar-refractivity contribution in [2.45, 2.75) is 18.6 Å². The van der Waals surface area contributed by atoms with Crippen molar-refractivity contribution in [1.29, 1.82) is 0 Å². The molecule has 1 unspecified atom stereocenters. The maximum Gasteiger partial charge on any atom is 0.401 e. The maximum atomic E-state index is 12.5. The number of hydrogen-bond acceptors (Lipinski definition) is 6. The number of halogens is 3. The van der Waals surface area contributed by atoms with E-state index in [4.69, 9.17) is 0 Å². The van der Waals surface area contributed by atoms with E-state index in [9.17, 15) is 13.2 Å². The minimum absolute atomic E-state index is 0.0570. The summed E-state index contributed by atoms with van der Waals surface area (Å²) in [4.78, 5) is 14.0. The second kappa shape index (κ2) is 8.59. The van der Waals surface area contributed by atoms with Crippen molar-refractivity contribution in [2.75, 3.05) is 45.1 Å². The number of hydrogen-bond donors (Lipinski definition) is 3. The Morgan fingerprint density at radius 1 is 1.32 bits per heavy atom. The van der Waals surface area contributed by atoms with Crippen LogP contribution in [0.1, 0.15) is 6.42 Å². The molecule has 0 amide bonds. The highest BCUT2D eigenvalue weighted by Gasteiger charge is 2.34. The van der Waals surface area contributed by atoms with Crippen molar-refractivity contribution < 1.29 is 13.2 Å². The summed E-state index contributed by atoms with van der Waals surface area (Å²) in [5.41, 5.74) is 0.743. The first-order chi connectivity index (χ1) is 13.4. The van der Waals surface area contributed by atoms with E-state index >= 15 is 0 Å². The lowest BCUT2D eigenvalue weighted by Gasteiger charge is -2.20. The van der Waals surface area contributed by atoms with Crippen LogP contribution in [0.25, 0.3) is 11.0 Å². The Kier molecular flexibility index (Phi) is 6.17. The number of aromatic nitrogens is 4. The van der Waals surface area contributed by atoms with Crippen LogP contribution in [0.4, 0.5) is 19.0 Å². The van der Waals surface area contributed by atoms with Gasteiger partial charge < -0.3 is 16.0 Å². The van der Waals surface area contributed by atoms with Crippen molar-refractivity contribution in [1.82, 2.24) is 35.3 Å². The van der Waals surface area contributed by atoms with Gasteiger partial charge in [0.1, 0.15) is 12.1 Å². The van der Waals surface area contributed by atoms with Gasteiger partial charge in [0.15, 0.2) is 11.6 Å². The van der Waals surface area contributed by atoms with Crippen LogP contribution in [-0.4, -0.2) is 82.6 Å². The van der Waals surface area contributed by atoms with E-state index in [0.29, 0.717) is 44.4 Å². The fraction of sp³-hybridized carbons (Fsp3) is 0.625. The Hall–Kier alpha value is -2.63. The summed E-state index contributed by atoms with van der Waals surface area (Å²) in [7, 11) is 3.45. The number of rotatable bonds is 6. The standard InChI is InChI=1S/C16H24F3N9/c1-20-15(26-11-3-6-28(8-11)9-16(17,18)19)22-5-4-21-13-12-7-25-27(2)14(12)24-10-23-13/h7,10-11H,3-6,8-9H2,1-2H3,(H2,20,22,26)(H,21,23,24). The first-order valence-electron chi connectivity index (χ1n) is 8.98. The number of nitrogens with zero attached hydrogens (tertiary/aromatic N) is 6. The largest absolute Gasteiger partial charge is 0.401 e. The molecule has 3 rings (SSSR count). The van der Waals surface area contributed by atoms with Crippen LogP contribution in [0.5, 0.6) is 0 Å². The first-order valence-corrected chi connectivity index (χ1v) is 8.98. The van der Waals surface area contributed by atoms with Gasteiger partial charge in [0, 0.05) is 46.3 Å². The highest BCUT2D eigenvalue weighted by molar-refractivity contribution is 5.86. The molecule has 0 saturated carbocycles. The summed E-state index contributed by atoms with van der Waals surface area (Å²) >= 11 is 0. The SMILES string of the molecule is CN=C(NCCNc1ncnc2c1cnn2C)NC1CCN(CC(F)(F)F)C1. The molecule has 2 aromatic heterocycles. The predicted octanol–water partition coefficient (Wildman–Crippen LogP) is 0.577. The van der Waals surface area contributed by atoms with Gasteiger partial charge in [-0.2, -0.15) is 18.3 Å². The van der Waals surface area contributed by atoms with Gasteiger partial charge in [-0.05, 0) is 6.42 Å². The number of guanidine groups is 1. The van der Waals surface area contributed by atoms with E-state index in [0.717, 1.165) is 11.0 Å². The number of anilines is 1. The van der Waals surface area contributed by atoms with Gasteiger partial charge in [0.25, 0.3) is 0 Å². The molecule has 1 aliphatic heterocycles. The zero-order valence-electron chi connectivity index (χ0n) is 15.8. The van der Waals surface area contributed by atoms with E-state index < -0.39 is 12.7 Å². The van der Waals surface area contributed by atoms with Crippen LogP contribution in [0.3, 0.4) is 0 Å². The number of nitrogens with one attached hydrogen (secondary N) is 3. The van der Waals surface area contributed by atoms with Gasteiger partial charge >= 0.3 is 6.18 Å². The molecule has 0 aliphatic carbocycles. The molecule has 154 valence electrons. The predicted molar refractivity (Wildman–Crippen MR) is 100 cm³/mol. The second-order valence-electron chi connectivity index (χ2n) is 6.63. The molecular weight excluding hydrogens is 375 g/mol. The van der Waals surface area contributed by atoms with Crippen molar-refractivity contribution in [3.05, 3.63) is 12.5 Å². The second-order valence-corrected chi connectivity index (χ2v) is 6.63. The highest BCUT2D eigenvalue weighted by Crippen LogP contribution is 2.20. The fourth-order valence-electron chi connectivity index (χ4n) is 3.20. The van der Waals surface area contributed by atoms with E-state index in [1.807, 2.05) is 7.05 Å². The Morgan fingerprint density at radius 3 is 2.89 bits per heavy atom. The summed E-state index contributed by atoms with van der Waals surface area (Å²) in [6.45, 7) is 1.03. The molecule has 0 aromatic carbocycles. The average Bonchev–Trinajstić information content (AvgIpc) is 3.23. The molecule has 0 radical (unpaired) electrons. The molecular formula is C16H24F3N9. The summed E-state index contributed by atoms with van der Waals surface area (Å²) < 4.78 is 39.1. The monoisotopic (exact) mass is 399 g/mol. The number of aryl methyl sites for hydroxylation is 1. The third kappa shape index (κ3) is 5.21. The number of likely N-dealkylation sites (tertiary alicyclic amines) is 1. The first kappa shape index (κ1) is 20.1. The van der Waals surface area contributed by atoms with Gasteiger partial charge in [0.05, 0.1) is 18.1 Å².